The van der Waals surface area contributed by atoms with E-state index in [-0.39, 0.29) is 0 Å². The maximum atomic E-state index is 9.80. The van der Waals surface area contributed by atoms with Crippen molar-refractivity contribution in [2.45, 2.75) is 0 Å². The van der Waals surface area contributed by atoms with Crippen LogP contribution in [0.1, 0.15) is 0 Å². The molecule has 1 rings (SSSR count). The third kappa shape index (κ3) is 1.77. The molecule has 1 aliphatic heterocycles. The molecule has 0 spiro atoms. The Labute approximate surface area is 55.8 Å². The maximum Gasteiger partial charge on any atom is 0.264 e. The molecule has 0 bridgehead atoms. The van der Waals surface area contributed by atoms with Gasteiger partial charge in [0.15, 0.2) is 0 Å². The summed E-state index contributed by atoms with van der Waals surface area (Å²) in [7, 11) is 0. The normalized spacial score (nSPS) is 20.2. The summed E-state index contributed by atoms with van der Waals surface area (Å²) >= 11 is 1.30. The topological polar surface area (TPSA) is 55.2 Å². The van der Waals surface area contributed by atoms with Crippen LogP contribution in [-0.2, 0) is 0 Å². The van der Waals surface area contributed by atoms with E-state index in [0.717, 1.165) is 6.20 Å². The van der Waals surface area contributed by atoms with Crippen LogP contribution in [0.3, 0.4) is 0 Å². The monoisotopic (exact) mass is 144 g/mol. The largest absolute Gasteiger partial charge is 0.351 e. The highest BCUT2D eigenvalue weighted by Crippen LogP contribution is 2.18. The van der Waals surface area contributed by atoms with Crippen LogP contribution in [0, 0.1) is 10.1 Å². The first-order valence-electron chi connectivity index (χ1n) is 2.22. The van der Waals surface area contributed by atoms with Gasteiger partial charge in [-0.2, -0.15) is 0 Å². The third-order valence-corrected chi connectivity index (χ3v) is 1.46. The number of nitrogens with one attached hydrogen (secondary N) is 1. The molecule has 5 heteroatoms. The second-order valence-corrected chi connectivity index (χ2v) is 2.29. The van der Waals surface area contributed by atoms with Crippen molar-refractivity contribution in [3.8, 4) is 0 Å². The lowest BCUT2D eigenvalue weighted by molar-refractivity contribution is -0.403. The van der Waals surface area contributed by atoms with Gasteiger partial charge in [-0.25, -0.2) is 0 Å². The predicted octanol–water partition coefficient (Wildman–Crippen LogP) is 0.870. The van der Waals surface area contributed by atoms with Crippen LogP contribution in [0.15, 0.2) is 22.8 Å². The zero-order chi connectivity index (χ0) is 6.69. The van der Waals surface area contributed by atoms with Crippen LogP contribution in [0.25, 0.3) is 0 Å². The van der Waals surface area contributed by atoms with Crippen LogP contribution in [0.4, 0.5) is 0 Å². The zero-order valence-corrected chi connectivity index (χ0v) is 5.22. The first-order chi connectivity index (χ1) is 4.29. The molecule has 0 aliphatic carbocycles. The molecule has 0 radical (unpaired) electrons. The fourth-order valence-electron chi connectivity index (χ4n) is 0.421. The summed E-state index contributed by atoms with van der Waals surface area (Å²) in [6.45, 7) is 0. The van der Waals surface area contributed by atoms with Crippen LogP contribution in [-0.4, -0.2) is 4.92 Å². The molecular weight excluding hydrogens is 140 g/mol. The lowest BCUT2D eigenvalue weighted by atomic mass is 10.8. The SMILES string of the molecule is O=[N+]([O-])C=C1NC=CS1. The van der Waals surface area contributed by atoms with Crippen molar-refractivity contribution in [3.63, 3.8) is 0 Å². The van der Waals surface area contributed by atoms with E-state index in [4.69, 9.17) is 0 Å². The van der Waals surface area contributed by atoms with Gasteiger partial charge in [-0.1, -0.05) is 11.8 Å². The number of nitro groups is 1. The van der Waals surface area contributed by atoms with Crippen LogP contribution in [0.5, 0.6) is 0 Å². The van der Waals surface area contributed by atoms with Crippen molar-refractivity contribution in [2.75, 3.05) is 0 Å². The molecule has 0 atom stereocenters. The average molecular weight is 144 g/mol. The van der Waals surface area contributed by atoms with E-state index in [1.807, 2.05) is 0 Å². The number of nitrogens with zero attached hydrogens (tertiary/aromatic N) is 1. The molecule has 48 valence electrons. The van der Waals surface area contributed by atoms with E-state index in [0.29, 0.717) is 5.03 Å². The van der Waals surface area contributed by atoms with Crippen molar-refractivity contribution in [2.24, 2.45) is 0 Å². The standard InChI is InChI=1S/C4H4N2O2S/c7-6(8)3-4-5-1-2-9-4/h1-3,5H. The number of rotatable bonds is 1. The second-order valence-electron chi connectivity index (χ2n) is 1.34. The Bertz CT molecular complexity index is 177. The van der Waals surface area contributed by atoms with Gasteiger partial charge in [-0.3, -0.25) is 10.1 Å². The minimum absolute atomic E-state index is 0.484. The van der Waals surface area contributed by atoms with Gasteiger partial charge in [0, 0.05) is 6.20 Å². The van der Waals surface area contributed by atoms with E-state index >= 15 is 0 Å². The smallest absolute Gasteiger partial charge is 0.264 e. The first-order valence-corrected chi connectivity index (χ1v) is 3.10. The fraction of sp³-hybridized carbons (Fsp3) is 0. The highest BCUT2D eigenvalue weighted by atomic mass is 32.2. The van der Waals surface area contributed by atoms with Crippen LogP contribution in [0.2, 0.25) is 0 Å². The van der Waals surface area contributed by atoms with Gasteiger partial charge in [0.05, 0.1) is 4.92 Å². The van der Waals surface area contributed by atoms with Crippen molar-refractivity contribution >= 4 is 11.8 Å². The van der Waals surface area contributed by atoms with Gasteiger partial charge < -0.3 is 5.32 Å². The van der Waals surface area contributed by atoms with E-state index in [1.165, 1.54) is 11.8 Å². The van der Waals surface area contributed by atoms with Crippen molar-refractivity contribution in [1.82, 2.24) is 5.32 Å². The van der Waals surface area contributed by atoms with E-state index in [1.54, 1.807) is 11.6 Å². The van der Waals surface area contributed by atoms with E-state index in [9.17, 15) is 10.1 Å². The van der Waals surface area contributed by atoms with E-state index in [2.05, 4.69) is 5.32 Å². The Hall–Kier alpha value is -0.970. The Balaban J connectivity index is 2.53. The highest BCUT2D eigenvalue weighted by molar-refractivity contribution is 8.06. The molecule has 0 aromatic rings. The Kier molecular flexibility index (Phi) is 1.74. The quantitative estimate of drug-likeness (QED) is 0.438. The molecule has 0 saturated heterocycles. The van der Waals surface area contributed by atoms with Gasteiger partial charge >= 0.3 is 0 Å². The summed E-state index contributed by atoms with van der Waals surface area (Å²) in [5.41, 5.74) is 0. The van der Waals surface area contributed by atoms with Crippen molar-refractivity contribution < 1.29 is 4.92 Å². The Morgan fingerprint density at radius 2 is 2.67 bits per heavy atom. The summed E-state index contributed by atoms with van der Waals surface area (Å²) in [5, 5.41) is 14.8. The molecule has 1 heterocycles. The molecule has 1 aliphatic rings. The molecule has 0 aromatic heterocycles. The van der Waals surface area contributed by atoms with Gasteiger partial charge in [0.1, 0.15) is 5.03 Å². The minimum atomic E-state index is -0.484. The lowest BCUT2D eigenvalue weighted by Crippen LogP contribution is -1.98. The summed E-state index contributed by atoms with van der Waals surface area (Å²) in [5.74, 6) is 0. The molecule has 4 nitrogen and oxygen atoms in total. The average Bonchev–Trinajstić information content (AvgIpc) is 2.15. The summed E-state index contributed by atoms with van der Waals surface area (Å²) < 4.78 is 0. The first kappa shape index (κ1) is 6.15. The molecule has 0 aromatic carbocycles. The number of thioether (sulfide) groups is 1. The van der Waals surface area contributed by atoms with Crippen molar-refractivity contribution in [1.29, 1.82) is 0 Å². The second kappa shape index (κ2) is 2.54. The highest BCUT2D eigenvalue weighted by Gasteiger charge is 2.03. The van der Waals surface area contributed by atoms with E-state index < -0.39 is 4.92 Å². The molecule has 0 saturated carbocycles. The van der Waals surface area contributed by atoms with Crippen LogP contribution < -0.4 is 5.32 Å². The number of hydrogen-bond donors (Lipinski definition) is 1. The van der Waals surface area contributed by atoms with Crippen molar-refractivity contribution in [3.05, 3.63) is 33.0 Å². The Morgan fingerprint density at radius 3 is 3.11 bits per heavy atom. The van der Waals surface area contributed by atoms with Crippen LogP contribution >= 0.6 is 11.8 Å². The molecule has 1 N–H and O–H groups in total. The van der Waals surface area contributed by atoms with Gasteiger partial charge in [0.25, 0.3) is 6.20 Å². The Morgan fingerprint density at radius 1 is 1.89 bits per heavy atom. The van der Waals surface area contributed by atoms with Gasteiger partial charge in [0.2, 0.25) is 0 Å². The van der Waals surface area contributed by atoms with Gasteiger partial charge in [-0.05, 0) is 5.41 Å². The number of hydrogen-bond acceptors (Lipinski definition) is 4. The zero-order valence-electron chi connectivity index (χ0n) is 4.40. The minimum Gasteiger partial charge on any atom is -0.351 e. The summed E-state index contributed by atoms with van der Waals surface area (Å²) in [4.78, 5) is 9.32. The molecular formula is C4H4N2O2S. The predicted molar refractivity (Wildman–Crippen MR) is 34.9 cm³/mol. The summed E-state index contributed by atoms with van der Waals surface area (Å²) in [6, 6.07) is 0. The third-order valence-electron chi connectivity index (χ3n) is 0.711. The molecule has 0 amide bonds. The summed E-state index contributed by atoms with van der Waals surface area (Å²) in [6.07, 6.45) is 2.59. The maximum absolute atomic E-state index is 9.80. The molecule has 0 fully saturated rings. The molecule has 0 unspecified atom stereocenters. The lowest BCUT2D eigenvalue weighted by Gasteiger charge is -1.88. The fourth-order valence-corrected chi connectivity index (χ4v) is 0.987. The molecule has 9 heavy (non-hydrogen) atoms. The van der Waals surface area contributed by atoms with Gasteiger partial charge in [-0.15, -0.1) is 0 Å².